The van der Waals surface area contributed by atoms with Crippen LogP contribution in [0.2, 0.25) is 0 Å². The van der Waals surface area contributed by atoms with Crippen molar-refractivity contribution in [2.45, 2.75) is 40.5 Å². The molecule has 4 heteroatoms. The number of hydrogen-bond donors (Lipinski definition) is 0. The Kier molecular flexibility index (Phi) is 5.03. The van der Waals surface area contributed by atoms with Crippen molar-refractivity contribution in [3.8, 4) is 0 Å². The van der Waals surface area contributed by atoms with E-state index in [4.69, 9.17) is 0 Å². The second-order valence-electron chi connectivity index (χ2n) is 8.50. The number of aryl methyl sites for hydroxylation is 3. The highest BCUT2D eigenvalue weighted by Gasteiger charge is 2.43. The molecule has 150 valence electrons. The zero-order chi connectivity index (χ0) is 20.7. The molecular weight excluding hydrogens is 360 g/mol. The van der Waals surface area contributed by atoms with Gasteiger partial charge in [0.25, 0.3) is 11.8 Å². The van der Waals surface area contributed by atoms with E-state index >= 15 is 0 Å². The van der Waals surface area contributed by atoms with Crippen LogP contribution in [-0.2, 0) is 9.59 Å². The maximum Gasteiger partial charge on any atom is 0.282 e. The van der Waals surface area contributed by atoms with E-state index in [0.29, 0.717) is 22.9 Å². The van der Waals surface area contributed by atoms with Crippen LogP contribution in [0.4, 0.5) is 5.69 Å². The summed E-state index contributed by atoms with van der Waals surface area (Å²) >= 11 is 0. The summed E-state index contributed by atoms with van der Waals surface area (Å²) in [4.78, 5) is 30.6. The molecule has 0 aromatic heterocycles. The lowest BCUT2D eigenvalue weighted by Gasteiger charge is -2.33. The van der Waals surface area contributed by atoms with Crippen LogP contribution in [0.3, 0.4) is 0 Å². The van der Waals surface area contributed by atoms with Crippen LogP contribution < -0.4 is 4.90 Å². The van der Waals surface area contributed by atoms with Gasteiger partial charge in [-0.3, -0.25) is 9.59 Å². The molecule has 2 aromatic rings. The molecule has 0 aliphatic carbocycles. The average Bonchev–Trinajstić information content (AvgIpc) is 2.95. The third-order valence-corrected chi connectivity index (χ3v) is 6.12. The Morgan fingerprint density at radius 1 is 0.897 bits per heavy atom. The van der Waals surface area contributed by atoms with Crippen LogP contribution in [0.5, 0.6) is 0 Å². The van der Waals surface area contributed by atoms with E-state index < -0.39 is 0 Å². The van der Waals surface area contributed by atoms with Crippen molar-refractivity contribution in [3.63, 3.8) is 0 Å². The van der Waals surface area contributed by atoms with Crippen molar-refractivity contribution < 1.29 is 9.59 Å². The number of amides is 2. The minimum Gasteiger partial charge on any atom is -0.366 e. The number of hydrogen-bond acceptors (Lipinski definition) is 3. The van der Waals surface area contributed by atoms with Gasteiger partial charge >= 0.3 is 0 Å². The molecule has 0 spiro atoms. The van der Waals surface area contributed by atoms with Gasteiger partial charge in [-0.2, -0.15) is 0 Å². The van der Waals surface area contributed by atoms with Crippen LogP contribution in [-0.4, -0.2) is 29.8 Å². The Morgan fingerprint density at radius 2 is 1.62 bits per heavy atom. The molecule has 2 aliphatic rings. The lowest BCUT2D eigenvalue weighted by molar-refractivity contribution is -0.120. The van der Waals surface area contributed by atoms with Gasteiger partial charge < -0.3 is 4.90 Å². The fraction of sp³-hybridized carbons (Fsp3) is 0.360. The third-order valence-electron chi connectivity index (χ3n) is 6.12. The first kappa shape index (κ1) is 19.4. The molecule has 4 nitrogen and oxygen atoms in total. The molecule has 0 N–H and O–H groups in total. The molecular formula is C25H28N2O2. The minimum absolute atomic E-state index is 0.206. The van der Waals surface area contributed by atoms with E-state index in [1.54, 1.807) is 0 Å². The second-order valence-corrected chi connectivity index (χ2v) is 8.50. The van der Waals surface area contributed by atoms with E-state index in [-0.39, 0.29) is 11.8 Å². The summed E-state index contributed by atoms with van der Waals surface area (Å²) in [5.41, 5.74) is 5.89. The highest BCUT2D eigenvalue weighted by atomic mass is 16.2. The first-order valence-electron chi connectivity index (χ1n) is 10.4. The SMILES string of the molecule is Cc1ccc(C2=C(N3CCCC(C)C3)C(=O)N(c3ccc(C)c(C)c3)C2=O)cc1. The van der Waals surface area contributed by atoms with Crippen LogP contribution in [0.15, 0.2) is 48.2 Å². The average molecular weight is 389 g/mol. The molecule has 2 aromatic carbocycles. The zero-order valence-corrected chi connectivity index (χ0v) is 17.7. The molecule has 1 saturated heterocycles. The van der Waals surface area contributed by atoms with Gasteiger partial charge in [-0.25, -0.2) is 4.90 Å². The Balaban J connectivity index is 1.83. The maximum absolute atomic E-state index is 13.6. The number of carbonyl (C=O) groups is 2. The highest BCUT2D eigenvalue weighted by Crippen LogP contribution is 2.37. The first-order valence-corrected chi connectivity index (χ1v) is 10.4. The van der Waals surface area contributed by atoms with E-state index in [2.05, 4.69) is 11.8 Å². The van der Waals surface area contributed by atoms with E-state index in [1.807, 2.05) is 63.2 Å². The molecule has 0 radical (unpaired) electrons. The summed E-state index contributed by atoms with van der Waals surface area (Å²) in [6, 6.07) is 13.7. The predicted molar refractivity (Wildman–Crippen MR) is 116 cm³/mol. The predicted octanol–water partition coefficient (Wildman–Crippen LogP) is 4.63. The van der Waals surface area contributed by atoms with Gasteiger partial charge in [0.05, 0.1) is 11.3 Å². The lowest BCUT2D eigenvalue weighted by Crippen LogP contribution is -2.39. The quantitative estimate of drug-likeness (QED) is 0.720. The smallest absolute Gasteiger partial charge is 0.282 e. The van der Waals surface area contributed by atoms with Crippen molar-refractivity contribution in [2.75, 3.05) is 18.0 Å². The van der Waals surface area contributed by atoms with E-state index in [0.717, 1.165) is 48.2 Å². The van der Waals surface area contributed by atoms with Gasteiger partial charge in [0.15, 0.2) is 0 Å². The van der Waals surface area contributed by atoms with Gasteiger partial charge in [0.1, 0.15) is 5.70 Å². The van der Waals surface area contributed by atoms with Crippen molar-refractivity contribution >= 4 is 23.1 Å². The van der Waals surface area contributed by atoms with Crippen molar-refractivity contribution in [1.82, 2.24) is 4.90 Å². The summed E-state index contributed by atoms with van der Waals surface area (Å²) in [6.45, 7) is 9.89. The van der Waals surface area contributed by atoms with Crippen LogP contribution in [0.1, 0.15) is 42.0 Å². The van der Waals surface area contributed by atoms with Crippen LogP contribution in [0, 0.1) is 26.7 Å². The largest absolute Gasteiger partial charge is 0.366 e. The van der Waals surface area contributed by atoms with Crippen molar-refractivity contribution in [1.29, 1.82) is 0 Å². The topological polar surface area (TPSA) is 40.6 Å². The monoisotopic (exact) mass is 388 g/mol. The molecule has 4 rings (SSSR count). The number of rotatable bonds is 3. The van der Waals surface area contributed by atoms with Crippen LogP contribution in [0.25, 0.3) is 5.57 Å². The molecule has 1 atom stereocenters. The van der Waals surface area contributed by atoms with E-state index in [9.17, 15) is 9.59 Å². The summed E-state index contributed by atoms with van der Waals surface area (Å²) in [7, 11) is 0. The first-order chi connectivity index (χ1) is 13.9. The normalized spacial score (nSPS) is 20.1. The molecule has 0 saturated carbocycles. The van der Waals surface area contributed by atoms with Gasteiger partial charge in [0, 0.05) is 13.1 Å². The summed E-state index contributed by atoms with van der Waals surface area (Å²) in [5, 5.41) is 0. The van der Waals surface area contributed by atoms with Crippen molar-refractivity contribution in [3.05, 3.63) is 70.4 Å². The second kappa shape index (κ2) is 7.51. The third kappa shape index (κ3) is 3.48. The Morgan fingerprint density at radius 3 is 2.28 bits per heavy atom. The minimum atomic E-state index is -0.227. The number of nitrogens with zero attached hydrogens (tertiary/aromatic N) is 2. The number of likely N-dealkylation sites (tertiary alicyclic amines) is 1. The fourth-order valence-corrected chi connectivity index (χ4v) is 4.28. The van der Waals surface area contributed by atoms with Crippen LogP contribution >= 0.6 is 0 Å². The molecule has 2 aliphatic heterocycles. The summed E-state index contributed by atoms with van der Waals surface area (Å²) < 4.78 is 0. The lowest BCUT2D eigenvalue weighted by atomic mass is 9.97. The maximum atomic E-state index is 13.6. The van der Waals surface area contributed by atoms with Gasteiger partial charge in [0.2, 0.25) is 0 Å². The summed E-state index contributed by atoms with van der Waals surface area (Å²) in [6.07, 6.45) is 2.20. The van der Waals surface area contributed by atoms with E-state index in [1.165, 1.54) is 4.90 Å². The number of imide groups is 1. The van der Waals surface area contributed by atoms with Gasteiger partial charge in [-0.1, -0.05) is 42.8 Å². The standard InChI is InChI=1S/C25H28N2O2/c1-16-7-10-20(11-8-16)22-23(26-13-5-6-17(2)15-26)25(29)27(24(22)28)21-12-9-18(3)19(4)14-21/h7-12,14,17H,5-6,13,15H2,1-4H3. The Labute approximate surface area is 172 Å². The molecule has 2 heterocycles. The molecule has 2 amide bonds. The number of carbonyl (C=O) groups excluding carboxylic acids is 2. The van der Waals surface area contributed by atoms with Gasteiger partial charge in [-0.05, 0) is 68.4 Å². The highest BCUT2D eigenvalue weighted by molar-refractivity contribution is 6.45. The van der Waals surface area contributed by atoms with Gasteiger partial charge in [-0.15, -0.1) is 0 Å². The Bertz CT molecular complexity index is 1000. The Hall–Kier alpha value is -2.88. The fourth-order valence-electron chi connectivity index (χ4n) is 4.28. The molecule has 1 unspecified atom stereocenters. The number of benzene rings is 2. The molecule has 0 bridgehead atoms. The number of piperidine rings is 1. The zero-order valence-electron chi connectivity index (χ0n) is 17.7. The van der Waals surface area contributed by atoms with Crippen molar-refractivity contribution in [2.24, 2.45) is 5.92 Å². The summed E-state index contributed by atoms with van der Waals surface area (Å²) in [5.74, 6) is 0.0762. The number of anilines is 1. The molecule has 29 heavy (non-hydrogen) atoms. The molecule has 1 fully saturated rings.